The molecule has 0 bridgehead atoms. The number of ether oxygens (including phenoxy) is 2. The van der Waals surface area contributed by atoms with Gasteiger partial charge in [-0.25, -0.2) is 0 Å². The highest BCUT2D eigenvalue weighted by atomic mass is 16.5. The van der Waals surface area contributed by atoms with Crippen LogP contribution in [0.4, 0.5) is 5.69 Å². The maximum absolute atomic E-state index is 12.0. The third kappa shape index (κ3) is 4.13. The van der Waals surface area contributed by atoms with Gasteiger partial charge in [0, 0.05) is 24.3 Å². The van der Waals surface area contributed by atoms with Crippen LogP contribution in [0.15, 0.2) is 48.5 Å². The van der Waals surface area contributed by atoms with Gasteiger partial charge in [0.05, 0.1) is 13.2 Å². The minimum atomic E-state index is -0.180. The minimum absolute atomic E-state index is 0.180. The Hall–Kier alpha value is -2.75. The zero-order chi connectivity index (χ0) is 16.1. The number of hydrogen-bond donors (Lipinski definition) is 1. The summed E-state index contributed by atoms with van der Waals surface area (Å²) in [5, 5.41) is 2.83. The Morgan fingerprint density at radius 3 is 2.57 bits per heavy atom. The van der Waals surface area contributed by atoms with E-state index < -0.39 is 0 Å². The molecule has 1 N–H and O–H groups in total. The average Bonchev–Trinajstić information content (AvgIpc) is 2.79. The fourth-order valence-electron chi connectivity index (χ4n) is 2.27. The summed E-state index contributed by atoms with van der Waals surface area (Å²) in [6.45, 7) is 3.31. The lowest BCUT2D eigenvalue weighted by Crippen LogP contribution is -2.07. The van der Waals surface area contributed by atoms with Crippen molar-refractivity contribution in [3.63, 3.8) is 0 Å². The molecule has 2 aromatic carbocycles. The molecule has 1 heterocycles. The van der Waals surface area contributed by atoms with Gasteiger partial charge in [-0.15, -0.1) is 0 Å². The van der Waals surface area contributed by atoms with Gasteiger partial charge in [0.2, 0.25) is 5.91 Å². The van der Waals surface area contributed by atoms with Crippen LogP contribution in [0.3, 0.4) is 0 Å². The van der Waals surface area contributed by atoms with Crippen molar-refractivity contribution in [1.29, 1.82) is 0 Å². The molecule has 0 fully saturated rings. The first-order valence-electron chi connectivity index (χ1n) is 7.66. The second-order valence-electron chi connectivity index (χ2n) is 5.45. The molecule has 2 aromatic rings. The van der Waals surface area contributed by atoms with E-state index in [0.717, 1.165) is 17.7 Å². The molecular formula is C19H19NO3. The van der Waals surface area contributed by atoms with Crippen LogP contribution in [0, 0.1) is 6.92 Å². The topological polar surface area (TPSA) is 47.6 Å². The van der Waals surface area contributed by atoms with Crippen LogP contribution in [0.25, 0.3) is 6.08 Å². The Bertz CT molecular complexity index is 720. The summed E-state index contributed by atoms with van der Waals surface area (Å²) in [4.78, 5) is 12.0. The van der Waals surface area contributed by atoms with Gasteiger partial charge >= 0.3 is 0 Å². The molecular weight excluding hydrogens is 290 g/mol. The molecule has 1 amide bonds. The van der Waals surface area contributed by atoms with Crippen LogP contribution in [0.2, 0.25) is 0 Å². The average molecular weight is 309 g/mol. The van der Waals surface area contributed by atoms with Crippen LogP contribution in [-0.2, 0) is 4.79 Å². The van der Waals surface area contributed by atoms with E-state index in [0.29, 0.717) is 24.7 Å². The summed E-state index contributed by atoms with van der Waals surface area (Å²) in [7, 11) is 0. The minimum Gasteiger partial charge on any atom is -0.490 e. The number of hydrogen-bond acceptors (Lipinski definition) is 3. The van der Waals surface area contributed by atoms with Crippen LogP contribution in [-0.4, -0.2) is 19.1 Å². The summed E-state index contributed by atoms with van der Waals surface area (Å²) < 4.78 is 11.2. The van der Waals surface area contributed by atoms with Gasteiger partial charge in [-0.3, -0.25) is 4.79 Å². The van der Waals surface area contributed by atoms with Crippen molar-refractivity contribution in [1.82, 2.24) is 0 Å². The van der Waals surface area contributed by atoms with Gasteiger partial charge < -0.3 is 14.8 Å². The smallest absolute Gasteiger partial charge is 0.248 e. The SMILES string of the molecule is Cc1ccc(/C=C/C(=O)Nc2ccc3c(c2)OCCCO3)cc1. The van der Waals surface area contributed by atoms with Gasteiger partial charge in [0.1, 0.15) is 0 Å². The first kappa shape index (κ1) is 15.2. The molecule has 23 heavy (non-hydrogen) atoms. The van der Waals surface area contributed by atoms with Gasteiger partial charge in [-0.1, -0.05) is 29.8 Å². The predicted octanol–water partition coefficient (Wildman–Crippen LogP) is 3.81. The van der Waals surface area contributed by atoms with Gasteiger partial charge in [0.25, 0.3) is 0 Å². The van der Waals surface area contributed by atoms with Crippen LogP contribution >= 0.6 is 0 Å². The summed E-state index contributed by atoms with van der Waals surface area (Å²) >= 11 is 0. The van der Waals surface area contributed by atoms with E-state index in [1.165, 1.54) is 11.6 Å². The third-order valence-corrected chi connectivity index (χ3v) is 3.52. The highest BCUT2D eigenvalue weighted by Gasteiger charge is 2.11. The lowest BCUT2D eigenvalue weighted by atomic mass is 10.1. The molecule has 4 heteroatoms. The molecule has 4 nitrogen and oxygen atoms in total. The molecule has 3 rings (SSSR count). The number of carbonyl (C=O) groups is 1. The first-order valence-corrected chi connectivity index (χ1v) is 7.66. The molecule has 0 aromatic heterocycles. The van der Waals surface area contributed by atoms with Gasteiger partial charge in [-0.2, -0.15) is 0 Å². The fraction of sp³-hybridized carbons (Fsp3) is 0.211. The largest absolute Gasteiger partial charge is 0.490 e. The fourth-order valence-corrected chi connectivity index (χ4v) is 2.27. The van der Waals surface area contributed by atoms with Crippen LogP contribution < -0.4 is 14.8 Å². The Balaban J connectivity index is 1.65. The Labute approximate surface area is 135 Å². The summed E-state index contributed by atoms with van der Waals surface area (Å²) in [5.41, 5.74) is 2.87. The van der Waals surface area contributed by atoms with E-state index in [1.807, 2.05) is 43.3 Å². The molecule has 0 unspecified atom stereocenters. The standard InChI is InChI=1S/C19H19NO3/c1-14-3-5-15(6-4-14)7-10-19(21)20-16-8-9-17-18(13-16)23-12-2-11-22-17/h3-10,13H,2,11-12H2,1H3,(H,20,21)/b10-7+. The van der Waals surface area contributed by atoms with E-state index in [9.17, 15) is 4.79 Å². The molecule has 0 spiro atoms. The van der Waals surface area contributed by atoms with Crippen LogP contribution in [0.5, 0.6) is 11.5 Å². The van der Waals surface area contributed by atoms with Crippen molar-refractivity contribution in [3.8, 4) is 11.5 Å². The Kier molecular flexibility index (Phi) is 4.62. The molecule has 1 aliphatic heterocycles. The second kappa shape index (κ2) is 7.01. The molecule has 1 aliphatic rings. The van der Waals surface area contributed by atoms with Crippen LogP contribution in [0.1, 0.15) is 17.5 Å². The number of benzene rings is 2. The molecule has 0 atom stereocenters. The van der Waals surface area contributed by atoms with E-state index in [-0.39, 0.29) is 5.91 Å². The lowest BCUT2D eigenvalue weighted by molar-refractivity contribution is -0.111. The quantitative estimate of drug-likeness (QED) is 0.877. The van der Waals surface area contributed by atoms with E-state index in [1.54, 1.807) is 12.1 Å². The second-order valence-corrected chi connectivity index (χ2v) is 5.45. The zero-order valence-corrected chi connectivity index (χ0v) is 13.0. The van der Waals surface area contributed by atoms with Crippen molar-refractivity contribution in [3.05, 3.63) is 59.7 Å². The van der Waals surface area contributed by atoms with E-state index in [2.05, 4.69) is 5.32 Å². The number of nitrogens with one attached hydrogen (secondary N) is 1. The number of rotatable bonds is 3. The highest BCUT2D eigenvalue weighted by Crippen LogP contribution is 2.32. The Morgan fingerprint density at radius 1 is 1.04 bits per heavy atom. The zero-order valence-electron chi connectivity index (χ0n) is 13.0. The highest BCUT2D eigenvalue weighted by molar-refractivity contribution is 6.02. The number of fused-ring (bicyclic) bond motifs is 1. The first-order chi connectivity index (χ1) is 11.2. The predicted molar refractivity (Wildman–Crippen MR) is 90.9 cm³/mol. The van der Waals surface area contributed by atoms with Crippen molar-refractivity contribution < 1.29 is 14.3 Å². The van der Waals surface area contributed by atoms with Crippen molar-refractivity contribution in [2.75, 3.05) is 18.5 Å². The van der Waals surface area contributed by atoms with Gasteiger partial charge in [-0.05, 0) is 30.7 Å². The Morgan fingerprint density at radius 2 is 1.78 bits per heavy atom. The molecule has 118 valence electrons. The number of anilines is 1. The molecule has 0 radical (unpaired) electrons. The monoisotopic (exact) mass is 309 g/mol. The van der Waals surface area contributed by atoms with Crippen molar-refractivity contribution in [2.45, 2.75) is 13.3 Å². The lowest BCUT2D eigenvalue weighted by Gasteiger charge is -2.09. The van der Waals surface area contributed by atoms with Crippen molar-refractivity contribution >= 4 is 17.7 Å². The maximum Gasteiger partial charge on any atom is 0.248 e. The summed E-state index contributed by atoms with van der Waals surface area (Å²) in [6.07, 6.45) is 4.17. The molecule has 0 saturated carbocycles. The summed E-state index contributed by atoms with van der Waals surface area (Å²) in [5.74, 6) is 1.21. The number of aryl methyl sites for hydroxylation is 1. The van der Waals surface area contributed by atoms with E-state index >= 15 is 0 Å². The van der Waals surface area contributed by atoms with Crippen molar-refractivity contribution in [2.24, 2.45) is 0 Å². The molecule has 0 aliphatic carbocycles. The number of carbonyl (C=O) groups excluding carboxylic acids is 1. The van der Waals surface area contributed by atoms with E-state index in [4.69, 9.17) is 9.47 Å². The molecule has 0 saturated heterocycles. The normalized spacial score (nSPS) is 13.6. The van der Waals surface area contributed by atoms with Gasteiger partial charge in [0.15, 0.2) is 11.5 Å². The maximum atomic E-state index is 12.0. The third-order valence-electron chi connectivity index (χ3n) is 3.52. The summed E-state index contributed by atoms with van der Waals surface area (Å²) in [6, 6.07) is 13.4. The number of amides is 1.